The Morgan fingerprint density at radius 3 is 2.30 bits per heavy atom. The smallest absolute Gasteiger partial charge is 0.240 e. The molecule has 1 aliphatic rings. The second kappa shape index (κ2) is 11.0. The van der Waals surface area contributed by atoms with Crippen LogP contribution in [0.15, 0.2) is 59.5 Å². The largest absolute Gasteiger partial charge is 0.497 e. The van der Waals surface area contributed by atoms with Gasteiger partial charge < -0.3 is 14.5 Å². The van der Waals surface area contributed by atoms with Crippen molar-refractivity contribution in [2.75, 3.05) is 57.5 Å². The quantitative estimate of drug-likeness (QED) is 0.607. The highest BCUT2D eigenvalue weighted by Crippen LogP contribution is 2.22. The molecule has 0 aromatic heterocycles. The summed E-state index contributed by atoms with van der Waals surface area (Å²) >= 11 is 1.68. The topological polar surface area (TPSA) is 53.1 Å². The molecular formula is C23H29N3O3S. The molecule has 0 bridgehead atoms. The Morgan fingerprint density at radius 1 is 1.00 bits per heavy atom. The molecule has 1 aliphatic heterocycles. The Labute approximate surface area is 182 Å². The van der Waals surface area contributed by atoms with Crippen molar-refractivity contribution in [3.63, 3.8) is 0 Å². The first-order valence-electron chi connectivity index (χ1n) is 10.2. The van der Waals surface area contributed by atoms with Gasteiger partial charge in [-0.2, -0.15) is 0 Å². The number of piperazine rings is 1. The molecule has 30 heavy (non-hydrogen) atoms. The van der Waals surface area contributed by atoms with Crippen LogP contribution in [0.1, 0.15) is 6.42 Å². The Balaban J connectivity index is 1.37. The zero-order valence-corrected chi connectivity index (χ0v) is 18.4. The van der Waals surface area contributed by atoms with E-state index in [0.29, 0.717) is 26.1 Å². The van der Waals surface area contributed by atoms with Gasteiger partial charge in [0.2, 0.25) is 11.8 Å². The maximum atomic E-state index is 12.5. The number of carbonyl (C=O) groups is 2. The molecule has 0 N–H and O–H groups in total. The number of ether oxygens (including phenoxy) is 1. The zero-order valence-electron chi connectivity index (χ0n) is 17.6. The predicted octanol–water partition coefficient (Wildman–Crippen LogP) is 2.98. The van der Waals surface area contributed by atoms with Gasteiger partial charge in [0.15, 0.2) is 0 Å². The van der Waals surface area contributed by atoms with Crippen LogP contribution in [0.2, 0.25) is 0 Å². The molecule has 6 nitrogen and oxygen atoms in total. The summed E-state index contributed by atoms with van der Waals surface area (Å²) in [6, 6.07) is 17.5. The minimum Gasteiger partial charge on any atom is -0.497 e. The fourth-order valence-corrected chi connectivity index (χ4v) is 4.18. The van der Waals surface area contributed by atoms with Gasteiger partial charge in [0, 0.05) is 56.0 Å². The van der Waals surface area contributed by atoms with Crippen molar-refractivity contribution in [1.82, 2.24) is 9.80 Å². The monoisotopic (exact) mass is 427 g/mol. The summed E-state index contributed by atoms with van der Waals surface area (Å²) in [5.41, 5.74) is 0.894. The highest BCUT2D eigenvalue weighted by molar-refractivity contribution is 7.99. The van der Waals surface area contributed by atoms with Crippen molar-refractivity contribution in [2.45, 2.75) is 11.3 Å². The van der Waals surface area contributed by atoms with Crippen LogP contribution < -0.4 is 9.64 Å². The number of benzene rings is 2. The van der Waals surface area contributed by atoms with Gasteiger partial charge in [-0.15, -0.1) is 11.8 Å². The number of hydrogen-bond donors (Lipinski definition) is 0. The molecule has 7 heteroatoms. The van der Waals surface area contributed by atoms with E-state index in [-0.39, 0.29) is 11.8 Å². The van der Waals surface area contributed by atoms with Crippen LogP contribution in [0.25, 0.3) is 0 Å². The van der Waals surface area contributed by atoms with E-state index in [1.807, 2.05) is 59.5 Å². The van der Waals surface area contributed by atoms with Gasteiger partial charge in [-0.05, 0) is 36.4 Å². The lowest BCUT2D eigenvalue weighted by atomic mass is 10.2. The molecule has 1 heterocycles. The number of likely N-dealkylation sites (N-methyl/N-ethyl adjacent to an activating group) is 1. The highest BCUT2D eigenvalue weighted by atomic mass is 32.2. The van der Waals surface area contributed by atoms with Gasteiger partial charge in [-0.25, -0.2) is 0 Å². The van der Waals surface area contributed by atoms with E-state index >= 15 is 0 Å². The molecule has 1 saturated heterocycles. The zero-order chi connectivity index (χ0) is 21.3. The molecule has 0 aliphatic carbocycles. The van der Waals surface area contributed by atoms with E-state index in [4.69, 9.17) is 4.74 Å². The van der Waals surface area contributed by atoms with Gasteiger partial charge in [-0.1, -0.05) is 18.2 Å². The van der Waals surface area contributed by atoms with Crippen LogP contribution in [0.4, 0.5) is 5.69 Å². The van der Waals surface area contributed by atoms with Crippen LogP contribution in [0.3, 0.4) is 0 Å². The van der Waals surface area contributed by atoms with E-state index in [1.165, 1.54) is 0 Å². The lowest BCUT2D eigenvalue weighted by Crippen LogP contribution is -2.51. The highest BCUT2D eigenvalue weighted by Gasteiger charge is 2.23. The molecule has 160 valence electrons. The SMILES string of the molecule is COc1ccc(SCCC(=O)N2CCN(CC(=O)N(C)c3ccccc3)CC2)cc1. The minimum atomic E-state index is 0.0665. The van der Waals surface area contributed by atoms with Crippen LogP contribution in [0, 0.1) is 0 Å². The van der Waals surface area contributed by atoms with Crippen LogP contribution in [-0.2, 0) is 9.59 Å². The molecule has 0 unspecified atom stereocenters. The molecule has 2 aromatic carbocycles. The fourth-order valence-electron chi connectivity index (χ4n) is 3.33. The molecule has 0 radical (unpaired) electrons. The molecule has 0 saturated carbocycles. The second-order valence-corrected chi connectivity index (χ2v) is 8.39. The van der Waals surface area contributed by atoms with Crippen molar-refractivity contribution in [2.24, 2.45) is 0 Å². The normalized spacial score (nSPS) is 14.4. The first kappa shape index (κ1) is 22.2. The van der Waals surface area contributed by atoms with Crippen molar-refractivity contribution >= 4 is 29.3 Å². The predicted molar refractivity (Wildman–Crippen MR) is 121 cm³/mol. The van der Waals surface area contributed by atoms with E-state index < -0.39 is 0 Å². The average molecular weight is 428 g/mol. The lowest BCUT2D eigenvalue weighted by Gasteiger charge is -2.35. The fraction of sp³-hybridized carbons (Fsp3) is 0.391. The first-order chi connectivity index (χ1) is 14.6. The summed E-state index contributed by atoms with van der Waals surface area (Å²) in [4.78, 5) is 31.9. The number of carbonyl (C=O) groups excluding carboxylic acids is 2. The lowest BCUT2D eigenvalue weighted by molar-refractivity contribution is -0.132. The molecule has 1 fully saturated rings. The minimum absolute atomic E-state index is 0.0665. The third kappa shape index (κ3) is 6.24. The average Bonchev–Trinajstić information content (AvgIpc) is 2.80. The molecule has 2 amide bonds. The van der Waals surface area contributed by atoms with Gasteiger partial charge in [-0.3, -0.25) is 14.5 Å². The number of nitrogens with zero attached hydrogens (tertiary/aromatic N) is 3. The summed E-state index contributed by atoms with van der Waals surface area (Å²) in [5.74, 6) is 1.84. The van der Waals surface area contributed by atoms with Crippen molar-refractivity contribution in [3.05, 3.63) is 54.6 Å². The second-order valence-electron chi connectivity index (χ2n) is 7.22. The molecule has 2 aromatic rings. The Morgan fingerprint density at radius 2 is 1.67 bits per heavy atom. The number of para-hydroxylation sites is 1. The number of thioether (sulfide) groups is 1. The van der Waals surface area contributed by atoms with E-state index in [2.05, 4.69) is 4.90 Å². The van der Waals surface area contributed by atoms with Gasteiger partial charge in [0.05, 0.1) is 13.7 Å². The van der Waals surface area contributed by atoms with Crippen molar-refractivity contribution < 1.29 is 14.3 Å². The molecule has 0 atom stereocenters. The summed E-state index contributed by atoms with van der Waals surface area (Å²) in [6.45, 7) is 3.18. The number of anilines is 1. The van der Waals surface area contributed by atoms with E-state index in [9.17, 15) is 9.59 Å². The van der Waals surface area contributed by atoms with Crippen LogP contribution in [0.5, 0.6) is 5.75 Å². The summed E-state index contributed by atoms with van der Waals surface area (Å²) in [5, 5.41) is 0. The van der Waals surface area contributed by atoms with Crippen molar-refractivity contribution in [1.29, 1.82) is 0 Å². The van der Waals surface area contributed by atoms with E-state index in [1.54, 1.807) is 30.8 Å². The van der Waals surface area contributed by atoms with Crippen LogP contribution in [-0.4, -0.2) is 74.2 Å². The van der Waals surface area contributed by atoms with Crippen LogP contribution >= 0.6 is 11.8 Å². The summed E-state index contributed by atoms with van der Waals surface area (Å²) in [7, 11) is 3.45. The summed E-state index contributed by atoms with van der Waals surface area (Å²) < 4.78 is 5.16. The van der Waals surface area contributed by atoms with E-state index in [0.717, 1.165) is 35.2 Å². The number of methoxy groups -OCH3 is 1. The number of rotatable bonds is 8. The van der Waals surface area contributed by atoms with Gasteiger partial charge in [0.1, 0.15) is 5.75 Å². The molecular weight excluding hydrogens is 398 g/mol. The standard InChI is InChI=1S/C23H29N3O3S/c1-24(19-6-4-3-5-7-19)23(28)18-25-13-15-26(16-14-25)22(27)12-17-30-21-10-8-20(29-2)9-11-21/h3-11H,12-18H2,1-2H3. The number of hydrogen-bond acceptors (Lipinski definition) is 5. The van der Waals surface area contributed by atoms with Crippen molar-refractivity contribution in [3.8, 4) is 5.75 Å². The first-order valence-corrected chi connectivity index (χ1v) is 11.1. The maximum Gasteiger partial charge on any atom is 0.240 e. The molecule has 0 spiro atoms. The van der Waals surface area contributed by atoms with Gasteiger partial charge >= 0.3 is 0 Å². The molecule has 3 rings (SSSR count). The Bertz CT molecular complexity index is 821. The third-order valence-electron chi connectivity index (χ3n) is 5.25. The third-order valence-corrected chi connectivity index (χ3v) is 6.26. The maximum absolute atomic E-state index is 12.5. The summed E-state index contributed by atoms with van der Waals surface area (Å²) in [6.07, 6.45) is 0.520. The Hall–Kier alpha value is -2.51. The number of amides is 2. The van der Waals surface area contributed by atoms with Gasteiger partial charge in [0.25, 0.3) is 0 Å². The Kier molecular flexibility index (Phi) is 8.16.